The number of carbonyl (C=O) groups excluding carboxylic acids is 1. The van der Waals surface area contributed by atoms with Crippen LogP contribution < -0.4 is 11.1 Å². The Morgan fingerprint density at radius 3 is 2.52 bits per heavy atom. The summed E-state index contributed by atoms with van der Waals surface area (Å²) in [4.78, 5) is 12.3. The quantitative estimate of drug-likeness (QED) is 0.803. The Hall–Kier alpha value is -2.30. The molecule has 1 amide bonds. The molecule has 1 heterocycles. The summed E-state index contributed by atoms with van der Waals surface area (Å²) >= 11 is 0. The van der Waals surface area contributed by atoms with Crippen LogP contribution in [0.5, 0.6) is 0 Å². The molecule has 2 rings (SSSR count). The van der Waals surface area contributed by atoms with Gasteiger partial charge in [0.2, 0.25) is 5.91 Å². The van der Waals surface area contributed by atoms with Gasteiger partial charge in [0, 0.05) is 30.9 Å². The first-order valence-corrected chi connectivity index (χ1v) is 7.99. The largest absolute Gasteiger partial charge is 0.399 e. The summed E-state index contributed by atoms with van der Waals surface area (Å²) in [6.45, 7) is 6.64. The number of hydrogen-bond donors (Lipinski definition) is 2. The normalized spacial score (nSPS) is 12.2. The Bertz CT molecular complexity index is 673. The van der Waals surface area contributed by atoms with Crippen molar-refractivity contribution in [2.24, 2.45) is 13.0 Å². The molecule has 0 saturated heterocycles. The van der Waals surface area contributed by atoms with Crippen molar-refractivity contribution in [3.8, 4) is 0 Å². The van der Waals surface area contributed by atoms with E-state index in [9.17, 15) is 4.79 Å². The number of carbonyl (C=O) groups is 1. The number of amides is 1. The smallest absolute Gasteiger partial charge is 0.223 e. The van der Waals surface area contributed by atoms with Gasteiger partial charge in [-0.2, -0.15) is 5.10 Å². The summed E-state index contributed by atoms with van der Waals surface area (Å²) in [7, 11) is 1.93. The van der Waals surface area contributed by atoms with Crippen molar-refractivity contribution in [3.63, 3.8) is 0 Å². The van der Waals surface area contributed by atoms with Gasteiger partial charge in [0.25, 0.3) is 0 Å². The van der Waals surface area contributed by atoms with Crippen LogP contribution in [-0.4, -0.2) is 22.2 Å². The lowest BCUT2D eigenvalue weighted by Gasteiger charge is -2.13. The minimum absolute atomic E-state index is 0.0667. The highest BCUT2D eigenvalue weighted by atomic mass is 16.1. The van der Waals surface area contributed by atoms with Crippen molar-refractivity contribution < 1.29 is 4.79 Å². The zero-order chi connectivity index (χ0) is 17.0. The van der Waals surface area contributed by atoms with Crippen LogP contribution in [0.25, 0.3) is 0 Å². The topological polar surface area (TPSA) is 72.9 Å². The summed E-state index contributed by atoms with van der Waals surface area (Å²) in [5.74, 6) is 0.0196. The van der Waals surface area contributed by atoms with Crippen LogP contribution in [-0.2, 0) is 24.7 Å². The molecule has 1 aromatic carbocycles. The van der Waals surface area contributed by atoms with Gasteiger partial charge in [-0.3, -0.25) is 9.48 Å². The predicted molar refractivity (Wildman–Crippen MR) is 93.1 cm³/mol. The molecule has 1 atom stereocenters. The van der Waals surface area contributed by atoms with Crippen LogP contribution in [0.1, 0.15) is 29.4 Å². The third-order valence-electron chi connectivity index (χ3n) is 4.31. The van der Waals surface area contributed by atoms with Crippen LogP contribution in [0.15, 0.2) is 24.3 Å². The van der Waals surface area contributed by atoms with Gasteiger partial charge in [-0.05, 0) is 49.9 Å². The first kappa shape index (κ1) is 17.1. The third-order valence-corrected chi connectivity index (χ3v) is 4.31. The van der Waals surface area contributed by atoms with E-state index in [0.717, 1.165) is 29.9 Å². The highest BCUT2D eigenvalue weighted by Crippen LogP contribution is 2.17. The maximum atomic E-state index is 12.3. The number of anilines is 1. The lowest BCUT2D eigenvalue weighted by Crippen LogP contribution is -2.32. The van der Waals surface area contributed by atoms with E-state index in [1.165, 1.54) is 11.1 Å². The van der Waals surface area contributed by atoms with Gasteiger partial charge < -0.3 is 11.1 Å². The second-order valence-corrected chi connectivity index (χ2v) is 6.16. The number of nitrogens with two attached hydrogens (primary N) is 1. The lowest BCUT2D eigenvalue weighted by atomic mass is 9.99. The number of nitrogen functional groups attached to an aromatic ring is 1. The molecule has 124 valence electrons. The Morgan fingerprint density at radius 1 is 1.30 bits per heavy atom. The summed E-state index contributed by atoms with van der Waals surface area (Å²) in [5.41, 5.74) is 10.9. The number of nitrogens with zero attached hydrogens (tertiary/aromatic N) is 2. The van der Waals surface area contributed by atoms with Gasteiger partial charge in [0.1, 0.15) is 0 Å². The van der Waals surface area contributed by atoms with Crippen molar-refractivity contribution in [1.29, 1.82) is 0 Å². The molecule has 5 heteroatoms. The molecular weight excluding hydrogens is 288 g/mol. The Kier molecular flexibility index (Phi) is 5.42. The second-order valence-electron chi connectivity index (χ2n) is 6.16. The average molecular weight is 314 g/mol. The molecular formula is C18H26N4O. The van der Waals surface area contributed by atoms with Crippen LogP contribution >= 0.6 is 0 Å². The minimum Gasteiger partial charge on any atom is -0.399 e. The highest BCUT2D eigenvalue weighted by molar-refractivity contribution is 5.78. The van der Waals surface area contributed by atoms with Gasteiger partial charge >= 0.3 is 0 Å². The maximum Gasteiger partial charge on any atom is 0.223 e. The minimum atomic E-state index is -0.0667. The van der Waals surface area contributed by atoms with E-state index in [1.807, 2.05) is 56.8 Å². The maximum absolute atomic E-state index is 12.3. The molecule has 0 spiro atoms. The van der Waals surface area contributed by atoms with Crippen LogP contribution in [0, 0.1) is 19.8 Å². The number of benzene rings is 1. The van der Waals surface area contributed by atoms with E-state index in [2.05, 4.69) is 10.4 Å². The number of hydrogen-bond acceptors (Lipinski definition) is 3. The summed E-state index contributed by atoms with van der Waals surface area (Å²) in [5, 5.41) is 7.42. The van der Waals surface area contributed by atoms with Crippen LogP contribution in [0.2, 0.25) is 0 Å². The van der Waals surface area contributed by atoms with E-state index in [4.69, 9.17) is 5.73 Å². The first-order valence-electron chi connectivity index (χ1n) is 7.99. The van der Waals surface area contributed by atoms with Crippen molar-refractivity contribution in [2.45, 2.75) is 33.6 Å². The summed E-state index contributed by atoms with van der Waals surface area (Å²) in [6, 6.07) is 7.75. The molecule has 3 N–H and O–H groups in total. The van der Waals surface area contributed by atoms with Crippen LogP contribution in [0.4, 0.5) is 5.69 Å². The van der Waals surface area contributed by atoms with E-state index in [-0.39, 0.29) is 11.8 Å². The van der Waals surface area contributed by atoms with Gasteiger partial charge in [-0.1, -0.05) is 19.1 Å². The molecule has 1 unspecified atom stereocenters. The van der Waals surface area contributed by atoms with Crippen molar-refractivity contribution in [1.82, 2.24) is 15.1 Å². The standard InChI is InChI=1S/C18H26N4O/c1-12(11-17-13(2)21-22(4)14(17)3)18(23)20-10-9-15-5-7-16(19)8-6-15/h5-8,12H,9-11,19H2,1-4H3,(H,20,23). The molecule has 0 aliphatic carbocycles. The first-order chi connectivity index (χ1) is 10.9. The van der Waals surface area contributed by atoms with E-state index < -0.39 is 0 Å². The highest BCUT2D eigenvalue weighted by Gasteiger charge is 2.18. The average Bonchev–Trinajstić information content (AvgIpc) is 2.75. The molecule has 0 aliphatic rings. The zero-order valence-corrected chi connectivity index (χ0v) is 14.4. The number of aryl methyl sites for hydroxylation is 2. The molecule has 2 aromatic rings. The fourth-order valence-electron chi connectivity index (χ4n) is 2.70. The zero-order valence-electron chi connectivity index (χ0n) is 14.4. The molecule has 0 radical (unpaired) electrons. The Morgan fingerprint density at radius 2 is 1.96 bits per heavy atom. The summed E-state index contributed by atoms with van der Waals surface area (Å²) < 4.78 is 1.87. The van der Waals surface area contributed by atoms with Gasteiger partial charge in [-0.25, -0.2) is 0 Å². The Balaban J connectivity index is 1.84. The molecule has 5 nitrogen and oxygen atoms in total. The lowest BCUT2D eigenvalue weighted by molar-refractivity contribution is -0.124. The monoisotopic (exact) mass is 314 g/mol. The molecule has 0 bridgehead atoms. The van der Waals surface area contributed by atoms with Crippen molar-refractivity contribution >= 4 is 11.6 Å². The fourth-order valence-corrected chi connectivity index (χ4v) is 2.70. The fraction of sp³-hybridized carbons (Fsp3) is 0.444. The van der Waals surface area contributed by atoms with Gasteiger partial charge in [-0.15, -0.1) is 0 Å². The Labute approximate surface area is 137 Å². The molecule has 0 fully saturated rings. The van der Waals surface area contributed by atoms with E-state index in [1.54, 1.807) is 0 Å². The SMILES string of the molecule is Cc1nn(C)c(C)c1CC(C)C(=O)NCCc1ccc(N)cc1. The molecule has 0 aliphatic heterocycles. The molecule has 1 aromatic heterocycles. The van der Waals surface area contributed by atoms with Crippen LogP contribution in [0.3, 0.4) is 0 Å². The van der Waals surface area contributed by atoms with Gasteiger partial charge in [0.15, 0.2) is 0 Å². The molecule has 0 saturated carbocycles. The predicted octanol–water partition coefficient (Wildman–Crippen LogP) is 2.16. The summed E-state index contributed by atoms with van der Waals surface area (Å²) in [6.07, 6.45) is 1.53. The third kappa shape index (κ3) is 4.34. The van der Waals surface area contributed by atoms with Crippen molar-refractivity contribution in [2.75, 3.05) is 12.3 Å². The number of nitrogens with one attached hydrogen (secondary N) is 1. The van der Waals surface area contributed by atoms with E-state index >= 15 is 0 Å². The van der Waals surface area contributed by atoms with Crippen molar-refractivity contribution in [3.05, 3.63) is 46.8 Å². The van der Waals surface area contributed by atoms with Gasteiger partial charge in [0.05, 0.1) is 5.69 Å². The number of aromatic nitrogens is 2. The van der Waals surface area contributed by atoms with E-state index in [0.29, 0.717) is 6.54 Å². The molecule has 23 heavy (non-hydrogen) atoms. The second kappa shape index (κ2) is 7.31. The number of rotatable bonds is 6.